The van der Waals surface area contributed by atoms with Crippen LogP contribution >= 0.6 is 11.3 Å². The molecule has 0 atom stereocenters. The van der Waals surface area contributed by atoms with Gasteiger partial charge in [0.25, 0.3) is 5.91 Å². The number of nitrogens with one attached hydrogen (secondary N) is 1. The Labute approximate surface area is 169 Å². The van der Waals surface area contributed by atoms with E-state index in [0.29, 0.717) is 11.4 Å². The van der Waals surface area contributed by atoms with Crippen LogP contribution in [-0.2, 0) is 13.1 Å². The summed E-state index contributed by atoms with van der Waals surface area (Å²) >= 11 is 1.39. The van der Waals surface area contributed by atoms with Crippen LogP contribution in [0.4, 0.5) is 0 Å². The molecule has 1 saturated heterocycles. The van der Waals surface area contributed by atoms with Crippen molar-refractivity contribution in [3.8, 4) is 10.7 Å². The van der Waals surface area contributed by atoms with E-state index >= 15 is 0 Å². The maximum absolute atomic E-state index is 12.8. The molecule has 4 rings (SSSR count). The summed E-state index contributed by atoms with van der Waals surface area (Å²) in [6, 6.07) is 14.1. The van der Waals surface area contributed by atoms with Crippen molar-refractivity contribution in [3.63, 3.8) is 0 Å². The Balaban J connectivity index is 1.44. The van der Waals surface area contributed by atoms with Crippen LogP contribution in [-0.4, -0.2) is 33.9 Å². The number of aromatic nitrogens is 2. The van der Waals surface area contributed by atoms with Gasteiger partial charge in [-0.3, -0.25) is 14.7 Å². The maximum Gasteiger partial charge on any atom is 0.263 e. The zero-order chi connectivity index (χ0) is 19.3. The van der Waals surface area contributed by atoms with E-state index in [4.69, 9.17) is 0 Å². The van der Waals surface area contributed by atoms with Gasteiger partial charge in [0.2, 0.25) is 0 Å². The minimum atomic E-state index is -0.0758. The first kappa shape index (κ1) is 18.8. The van der Waals surface area contributed by atoms with Gasteiger partial charge in [0.1, 0.15) is 9.88 Å². The fourth-order valence-electron chi connectivity index (χ4n) is 3.53. The molecule has 1 aromatic carbocycles. The van der Waals surface area contributed by atoms with E-state index in [2.05, 4.69) is 38.4 Å². The topological polar surface area (TPSA) is 58.1 Å². The molecular formula is C22H24N4OS. The predicted octanol–water partition coefficient (Wildman–Crippen LogP) is 4.04. The molecule has 5 nitrogen and oxygen atoms in total. The molecule has 3 heterocycles. The van der Waals surface area contributed by atoms with E-state index < -0.39 is 0 Å². The molecule has 1 fully saturated rings. The number of aryl methyl sites for hydroxylation is 1. The monoisotopic (exact) mass is 392 g/mol. The number of rotatable bonds is 6. The average Bonchev–Trinajstić information content (AvgIpc) is 3.37. The number of likely N-dealkylation sites (tertiary alicyclic amines) is 1. The van der Waals surface area contributed by atoms with Gasteiger partial charge in [-0.1, -0.05) is 30.3 Å². The van der Waals surface area contributed by atoms with E-state index in [1.54, 1.807) is 6.20 Å². The van der Waals surface area contributed by atoms with Crippen LogP contribution in [0.2, 0.25) is 0 Å². The van der Waals surface area contributed by atoms with Crippen molar-refractivity contribution in [3.05, 3.63) is 70.4 Å². The van der Waals surface area contributed by atoms with Gasteiger partial charge in [-0.15, -0.1) is 11.3 Å². The van der Waals surface area contributed by atoms with Crippen LogP contribution in [0.5, 0.6) is 0 Å². The Hall–Kier alpha value is -2.57. The number of nitrogens with zero attached hydrogens (tertiary/aromatic N) is 3. The normalized spacial score (nSPS) is 14.3. The van der Waals surface area contributed by atoms with Crippen LogP contribution < -0.4 is 5.32 Å². The molecule has 0 radical (unpaired) electrons. The first-order valence-corrected chi connectivity index (χ1v) is 10.5. The van der Waals surface area contributed by atoms with Crippen molar-refractivity contribution >= 4 is 17.2 Å². The summed E-state index contributed by atoms with van der Waals surface area (Å²) in [5, 5.41) is 3.85. The molecule has 0 aliphatic carbocycles. The number of hydrogen-bond donors (Lipinski definition) is 1. The molecule has 0 unspecified atom stereocenters. The van der Waals surface area contributed by atoms with Gasteiger partial charge in [0.05, 0.1) is 11.4 Å². The molecule has 0 spiro atoms. The third kappa shape index (κ3) is 4.29. The second-order valence-corrected chi connectivity index (χ2v) is 8.08. The molecular weight excluding hydrogens is 368 g/mol. The predicted molar refractivity (Wildman–Crippen MR) is 112 cm³/mol. The smallest absolute Gasteiger partial charge is 0.263 e. The number of carbonyl (C=O) groups is 1. The van der Waals surface area contributed by atoms with Crippen molar-refractivity contribution in [2.75, 3.05) is 13.1 Å². The summed E-state index contributed by atoms with van der Waals surface area (Å²) < 4.78 is 0. The molecule has 144 valence electrons. The quantitative estimate of drug-likeness (QED) is 0.688. The SMILES string of the molecule is Cc1nc(-c2ccccn2)sc1C(=O)NCc1ccccc1CN1CCCC1. The summed E-state index contributed by atoms with van der Waals surface area (Å²) in [5.74, 6) is -0.0758. The molecule has 6 heteroatoms. The number of hydrogen-bond acceptors (Lipinski definition) is 5. The lowest BCUT2D eigenvalue weighted by atomic mass is 10.1. The molecule has 0 saturated carbocycles. The molecule has 28 heavy (non-hydrogen) atoms. The fraction of sp³-hybridized carbons (Fsp3) is 0.318. The highest BCUT2D eigenvalue weighted by Gasteiger charge is 2.18. The minimum Gasteiger partial charge on any atom is -0.347 e. The van der Waals surface area contributed by atoms with Gasteiger partial charge in [0, 0.05) is 19.3 Å². The first-order valence-electron chi connectivity index (χ1n) is 9.67. The van der Waals surface area contributed by atoms with Crippen molar-refractivity contribution in [1.82, 2.24) is 20.2 Å². The van der Waals surface area contributed by atoms with Gasteiger partial charge in [-0.05, 0) is 56.1 Å². The van der Waals surface area contributed by atoms with Crippen LogP contribution in [0.25, 0.3) is 10.7 Å². The van der Waals surface area contributed by atoms with Gasteiger partial charge < -0.3 is 5.32 Å². The second-order valence-electron chi connectivity index (χ2n) is 7.08. The second kappa shape index (κ2) is 8.63. The molecule has 1 amide bonds. The standard InChI is InChI=1S/C22H24N4OS/c1-16-20(28-22(25-16)19-10-4-5-11-23-19)21(27)24-14-17-8-2-3-9-18(17)15-26-12-6-7-13-26/h2-5,8-11H,6-7,12-15H2,1H3,(H,24,27). The van der Waals surface area contributed by atoms with Gasteiger partial charge in [-0.2, -0.15) is 0 Å². The van der Waals surface area contributed by atoms with E-state index in [1.807, 2.05) is 31.2 Å². The molecule has 1 aliphatic heterocycles. The van der Waals surface area contributed by atoms with Crippen molar-refractivity contribution in [2.45, 2.75) is 32.9 Å². The minimum absolute atomic E-state index is 0.0758. The third-order valence-corrected chi connectivity index (χ3v) is 6.22. The third-order valence-electron chi connectivity index (χ3n) is 5.04. The van der Waals surface area contributed by atoms with Crippen LogP contribution in [0, 0.1) is 6.92 Å². The van der Waals surface area contributed by atoms with Crippen molar-refractivity contribution in [2.24, 2.45) is 0 Å². The summed E-state index contributed by atoms with van der Waals surface area (Å²) in [4.78, 5) is 24.8. The highest BCUT2D eigenvalue weighted by molar-refractivity contribution is 7.17. The summed E-state index contributed by atoms with van der Waals surface area (Å²) in [6.45, 7) is 5.68. The summed E-state index contributed by atoms with van der Waals surface area (Å²) in [5.41, 5.74) is 4.01. The largest absolute Gasteiger partial charge is 0.347 e. The lowest BCUT2D eigenvalue weighted by molar-refractivity contribution is 0.0954. The zero-order valence-corrected chi connectivity index (χ0v) is 16.8. The van der Waals surface area contributed by atoms with Crippen LogP contribution in [0.1, 0.15) is 39.3 Å². The van der Waals surface area contributed by atoms with Crippen molar-refractivity contribution < 1.29 is 4.79 Å². The molecule has 1 N–H and O–H groups in total. The maximum atomic E-state index is 12.8. The summed E-state index contributed by atoms with van der Waals surface area (Å²) in [7, 11) is 0. The van der Waals surface area contributed by atoms with E-state index in [9.17, 15) is 4.79 Å². The molecule has 2 aromatic heterocycles. The van der Waals surface area contributed by atoms with Gasteiger partial charge >= 0.3 is 0 Å². The van der Waals surface area contributed by atoms with E-state index in [0.717, 1.165) is 36.0 Å². The Bertz CT molecular complexity index is 948. The highest BCUT2D eigenvalue weighted by atomic mass is 32.1. The number of carbonyl (C=O) groups excluding carboxylic acids is 1. The van der Waals surface area contributed by atoms with Crippen LogP contribution in [0.3, 0.4) is 0 Å². The number of thiazole rings is 1. The van der Waals surface area contributed by atoms with Gasteiger partial charge in [-0.25, -0.2) is 4.98 Å². The van der Waals surface area contributed by atoms with Crippen molar-refractivity contribution in [1.29, 1.82) is 0 Å². The van der Waals surface area contributed by atoms with E-state index in [1.165, 1.54) is 35.3 Å². The fourth-order valence-corrected chi connectivity index (χ4v) is 4.49. The Morgan fingerprint density at radius 3 is 2.61 bits per heavy atom. The average molecular weight is 393 g/mol. The van der Waals surface area contributed by atoms with E-state index in [-0.39, 0.29) is 5.91 Å². The number of benzene rings is 1. The highest BCUT2D eigenvalue weighted by Crippen LogP contribution is 2.26. The first-order chi connectivity index (χ1) is 13.7. The lowest BCUT2D eigenvalue weighted by Crippen LogP contribution is -2.24. The molecule has 1 aliphatic rings. The summed E-state index contributed by atoms with van der Waals surface area (Å²) in [6.07, 6.45) is 4.30. The molecule has 3 aromatic rings. The lowest BCUT2D eigenvalue weighted by Gasteiger charge is -2.17. The number of amides is 1. The Morgan fingerprint density at radius 1 is 1.11 bits per heavy atom. The number of pyridine rings is 1. The van der Waals surface area contributed by atoms with Crippen LogP contribution in [0.15, 0.2) is 48.7 Å². The Morgan fingerprint density at radius 2 is 1.86 bits per heavy atom. The molecule has 0 bridgehead atoms. The Kier molecular flexibility index (Phi) is 5.78. The zero-order valence-electron chi connectivity index (χ0n) is 16.0. The van der Waals surface area contributed by atoms with Gasteiger partial charge in [0.15, 0.2) is 0 Å².